The zero-order valence-corrected chi connectivity index (χ0v) is 6.01. The Balaban J connectivity index is 2.37. The SMILES string of the molecule is C=C1N=C2C=CC=NN2S1. The second-order valence-corrected chi connectivity index (χ2v) is 2.85. The fourth-order valence-corrected chi connectivity index (χ4v) is 1.38. The molecular formula is C6H5N3S. The largest absolute Gasteiger partial charge is 0.220 e. The lowest BCUT2D eigenvalue weighted by Crippen LogP contribution is -2.14. The Morgan fingerprint density at radius 1 is 1.60 bits per heavy atom. The van der Waals surface area contributed by atoms with Crippen molar-refractivity contribution in [2.24, 2.45) is 10.1 Å². The van der Waals surface area contributed by atoms with Gasteiger partial charge in [-0.2, -0.15) is 9.52 Å². The van der Waals surface area contributed by atoms with Crippen molar-refractivity contribution in [3.63, 3.8) is 0 Å². The molecule has 0 N–H and O–H groups in total. The molecule has 2 aliphatic heterocycles. The number of hydrogen-bond acceptors (Lipinski definition) is 4. The lowest BCUT2D eigenvalue weighted by Gasteiger charge is -2.09. The molecule has 0 spiro atoms. The van der Waals surface area contributed by atoms with E-state index in [1.54, 1.807) is 10.6 Å². The molecule has 2 rings (SSSR count). The second kappa shape index (κ2) is 1.98. The fraction of sp³-hybridized carbons (Fsp3) is 0. The van der Waals surface area contributed by atoms with Crippen LogP contribution in [-0.2, 0) is 0 Å². The summed E-state index contributed by atoms with van der Waals surface area (Å²) < 4.78 is 1.74. The molecular weight excluding hydrogens is 146 g/mol. The average molecular weight is 151 g/mol. The summed E-state index contributed by atoms with van der Waals surface area (Å²) >= 11 is 1.44. The summed E-state index contributed by atoms with van der Waals surface area (Å²) in [6.45, 7) is 3.70. The van der Waals surface area contributed by atoms with E-state index in [1.807, 2.05) is 12.2 Å². The topological polar surface area (TPSA) is 28.0 Å². The smallest absolute Gasteiger partial charge is 0.162 e. The Kier molecular flexibility index (Phi) is 1.14. The van der Waals surface area contributed by atoms with Crippen molar-refractivity contribution >= 4 is 24.0 Å². The molecule has 2 aliphatic rings. The first-order chi connectivity index (χ1) is 4.86. The van der Waals surface area contributed by atoms with E-state index in [9.17, 15) is 0 Å². The Bertz CT molecular complexity index is 264. The first-order valence-electron chi connectivity index (χ1n) is 2.82. The maximum atomic E-state index is 4.12. The van der Waals surface area contributed by atoms with Crippen molar-refractivity contribution in [3.8, 4) is 0 Å². The van der Waals surface area contributed by atoms with Crippen LogP contribution in [0.1, 0.15) is 0 Å². The summed E-state index contributed by atoms with van der Waals surface area (Å²) in [4.78, 5) is 4.12. The highest BCUT2D eigenvalue weighted by Crippen LogP contribution is 2.29. The number of hydrogen-bond donors (Lipinski definition) is 0. The standard InChI is InChI=1S/C6H5N3S/c1-5-8-6-3-2-4-7-9(6)10-5/h2-4H,1H2. The number of hydrazone groups is 1. The summed E-state index contributed by atoms with van der Waals surface area (Å²) in [7, 11) is 0. The molecule has 50 valence electrons. The quantitative estimate of drug-likeness (QED) is 0.489. The van der Waals surface area contributed by atoms with Gasteiger partial charge in [0.15, 0.2) is 5.84 Å². The van der Waals surface area contributed by atoms with E-state index in [4.69, 9.17) is 0 Å². The predicted molar refractivity (Wildman–Crippen MR) is 43.6 cm³/mol. The molecule has 0 amide bonds. The minimum Gasteiger partial charge on any atom is -0.220 e. The van der Waals surface area contributed by atoms with E-state index in [-0.39, 0.29) is 0 Å². The minimum atomic E-state index is 0.790. The van der Waals surface area contributed by atoms with Crippen LogP contribution in [0.5, 0.6) is 0 Å². The number of allylic oxidation sites excluding steroid dienone is 1. The molecule has 10 heavy (non-hydrogen) atoms. The van der Waals surface area contributed by atoms with Gasteiger partial charge in [-0.05, 0) is 12.2 Å². The van der Waals surface area contributed by atoms with Crippen LogP contribution >= 0.6 is 11.9 Å². The monoisotopic (exact) mass is 151 g/mol. The molecule has 0 aromatic rings. The fourth-order valence-electron chi connectivity index (χ4n) is 0.749. The molecule has 0 bridgehead atoms. The van der Waals surface area contributed by atoms with Crippen molar-refractivity contribution in [1.29, 1.82) is 0 Å². The number of fused-ring (bicyclic) bond motifs is 1. The summed E-state index contributed by atoms with van der Waals surface area (Å²) in [6, 6.07) is 0. The van der Waals surface area contributed by atoms with Gasteiger partial charge in [-0.15, -0.1) is 0 Å². The lowest BCUT2D eigenvalue weighted by molar-refractivity contribution is 0.757. The Morgan fingerprint density at radius 2 is 2.50 bits per heavy atom. The summed E-state index contributed by atoms with van der Waals surface area (Å²) in [6.07, 6.45) is 5.48. The first kappa shape index (κ1) is 5.73. The van der Waals surface area contributed by atoms with Gasteiger partial charge in [0.05, 0.1) is 0 Å². The van der Waals surface area contributed by atoms with E-state index >= 15 is 0 Å². The molecule has 0 aromatic heterocycles. The molecule has 0 radical (unpaired) electrons. The Labute approximate surface area is 63.0 Å². The van der Waals surface area contributed by atoms with Crippen molar-refractivity contribution in [3.05, 3.63) is 23.8 Å². The van der Waals surface area contributed by atoms with Gasteiger partial charge in [0.25, 0.3) is 0 Å². The van der Waals surface area contributed by atoms with Gasteiger partial charge in [-0.25, -0.2) is 4.99 Å². The summed E-state index contributed by atoms with van der Waals surface area (Å²) in [5.74, 6) is 0.859. The van der Waals surface area contributed by atoms with E-state index in [0.717, 1.165) is 10.9 Å². The van der Waals surface area contributed by atoms with E-state index < -0.39 is 0 Å². The van der Waals surface area contributed by atoms with Gasteiger partial charge in [-0.1, -0.05) is 6.58 Å². The molecule has 0 saturated carbocycles. The van der Waals surface area contributed by atoms with E-state index in [2.05, 4.69) is 16.7 Å². The van der Waals surface area contributed by atoms with Crippen LogP contribution in [0, 0.1) is 0 Å². The van der Waals surface area contributed by atoms with E-state index in [1.165, 1.54) is 11.9 Å². The van der Waals surface area contributed by atoms with Crippen LogP contribution in [0.2, 0.25) is 0 Å². The molecule has 0 saturated heterocycles. The molecule has 0 aromatic carbocycles. The minimum absolute atomic E-state index is 0.790. The van der Waals surface area contributed by atoms with Crippen molar-refractivity contribution in [2.45, 2.75) is 0 Å². The van der Waals surface area contributed by atoms with Crippen LogP contribution < -0.4 is 0 Å². The number of rotatable bonds is 0. The Hall–Kier alpha value is -1.03. The average Bonchev–Trinajstić information content (AvgIpc) is 2.27. The van der Waals surface area contributed by atoms with Crippen molar-refractivity contribution in [1.82, 2.24) is 4.41 Å². The number of aliphatic imine (C=N–C) groups is 1. The van der Waals surface area contributed by atoms with Gasteiger partial charge >= 0.3 is 0 Å². The Morgan fingerprint density at radius 3 is 3.30 bits per heavy atom. The molecule has 0 aliphatic carbocycles. The molecule has 2 heterocycles. The van der Waals surface area contributed by atoms with Crippen LogP contribution in [0.4, 0.5) is 0 Å². The summed E-state index contributed by atoms with van der Waals surface area (Å²) in [5, 5.41) is 4.83. The highest BCUT2D eigenvalue weighted by atomic mass is 32.2. The van der Waals surface area contributed by atoms with Crippen LogP contribution in [0.15, 0.2) is 33.9 Å². The normalized spacial score (nSPS) is 21.4. The number of amidine groups is 1. The third kappa shape index (κ3) is 0.769. The molecule has 0 atom stereocenters. The molecule has 0 fully saturated rings. The number of nitrogens with zero attached hydrogens (tertiary/aromatic N) is 3. The van der Waals surface area contributed by atoms with Gasteiger partial charge in [0, 0.05) is 18.2 Å². The van der Waals surface area contributed by atoms with Crippen LogP contribution in [-0.4, -0.2) is 16.5 Å². The van der Waals surface area contributed by atoms with Gasteiger partial charge in [0.1, 0.15) is 5.03 Å². The highest BCUT2D eigenvalue weighted by molar-refractivity contribution is 8.01. The van der Waals surface area contributed by atoms with Gasteiger partial charge < -0.3 is 0 Å². The van der Waals surface area contributed by atoms with Crippen molar-refractivity contribution in [2.75, 3.05) is 0 Å². The summed E-state index contributed by atoms with van der Waals surface area (Å²) in [5.41, 5.74) is 0. The van der Waals surface area contributed by atoms with Crippen LogP contribution in [0.25, 0.3) is 0 Å². The molecule has 3 nitrogen and oxygen atoms in total. The van der Waals surface area contributed by atoms with Crippen molar-refractivity contribution < 1.29 is 0 Å². The first-order valence-corrected chi connectivity index (χ1v) is 3.60. The maximum absolute atomic E-state index is 4.12. The van der Waals surface area contributed by atoms with Crippen LogP contribution in [0.3, 0.4) is 0 Å². The lowest BCUT2D eigenvalue weighted by atomic mass is 10.4. The van der Waals surface area contributed by atoms with Gasteiger partial charge in [-0.3, -0.25) is 0 Å². The highest BCUT2D eigenvalue weighted by Gasteiger charge is 2.18. The zero-order valence-electron chi connectivity index (χ0n) is 5.19. The third-order valence-corrected chi connectivity index (χ3v) is 1.89. The third-order valence-electron chi connectivity index (χ3n) is 1.13. The molecule has 0 unspecified atom stereocenters. The second-order valence-electron chi connectivity index (χ2n) is 1.85. The predicted octanol–water partition coefficient (Wildman–Crippen LogP) is 1.38. The maximum Gasteiger partial charge on any atom is 0.162 e. The van der Waals surface area contributed by atoms with Gasteiger partial charge in [0.2, 0.25) is 0 Å². The van der Waals surface area contributed by atoms with E-state index in [0.29, 0.717) is 0 Å². The molecule has 4 heteroatoms. The zero-order chi connectivity index (χ0) is 6.97.